The van der Waals surface area contributed by atoms with Crippen molar-refractivity contribution in [3.8, 4) is 22.3 Å². The molecule has 2 aromatic heterocycles. The fourth-order valence-corrected chi connectivity index (χ4v) is 7.27. The van der Waals surface area contributed by atoms with Crippen LogP contribution in [-0.4, -0.2) is 18.4 Å². The Balaban J connectivity index is 1.10. The number of nitrogens with zero attached hydrogens (tertiary/aromatic N) is 1. The van der Waals surface area contributed by atoms with Crippen molar-refractivity contribution in [1.82, 2.24) is 0 Å². The van der Waals surface area contributed by atoms with Gasteiger partial charge in [-0.3, -0.25) is 14.5 Å². The molecule has 0 saturated carbocycles. The second-order valence-electron chi connectivity index (χ2n) is 13.2. The van der Waals surface area contributed by atoms with Crippen LogP contribution in [0.2, 0.25) is 10.0 Å². The van der Waals surface area contributed by atoms with E-state index in [0.29, 0.717) is 46.8 Å². The van der Waals surface area contributed by atoms with Gasteiger partial charge >= 0.3 is 0 Å². The Labute approximate surface area is 324 Å². The van der Waals surface area contributed by atoms with Crippen LogP contribution in [0.3, 0.4) is 0 Å². The lowest BCUT2D eigenvalue weighted by molar-refractivity contribution is -0.116. The van der Waals surface area contributed by atoms with Gasteiger partial charge in [0.05, 0.1) is 10.0 Å². The number of nitrogens with two attached hydrogens (primary N) is 1. The smallest absolute Gasteiger partial charge is 0.258 e. The zero-order valence-electron chi connectivity index (χ0n) is 29.0. The molecule has 0 aliphatic heterocycles. The van der Waals surface area contributed by atoms with Crippen molar-refractivity contribution in [2.24, 2.45) is 5.73 Å². The Morgan fingerprint density at radius 2 is 1.11 bits per heavy atom. The van der Waals surface area contributed by atoms with Crippen molar-refractivity contribution in [3.63, 3.8) is 0 Å². The summed E-state index contributed by atoms with van der Waals surface area (Å²) in [6, 6.07) is 38.9. The topological polar surface area (TPSA) is 89.7 Å². The summed E-state index contributed by atoms with van der Waals surface area (Å²) in [6.45, 7) is -0.346. The lowest BCUT2D eigenvalue weighted by Gasteiger charge is -2.22. The van der Waals surface area contributed by atoms with Gasteiger partial charge in [0.25, 0.3) is 5.91 Å². The average Bonchev–Trinajstić information content (AvgIpc) is 3.80. The Morgan fingerprint density at radius 3 is 1.64 bits per heavy atom. The number of furan rings is 2. The molecule has 2 N–H and O–H groups in total. The third-order valence-corrected chi connectivity index (χ3v) is 9.98. The second-order valence-corrected chi connectivity index (χ2v) is 14.0. The van der Waals surface area contributed by atoms with Crippen LogP contribution in [-0.2, 0) is 17.6 Å². The van der Waals surface area contributed by atoms with Crippen molar-refractivity contribution < 1.29 is 27.2 Å². The molecule has 0 radical (unpaired) electrons. The molecule has 6 nitrogen and oxygen atoms in total. The predicted octanol–water partition coefficient (Wildman–Crippen LogP) is 11.4. The molecule has 0 fully saturated rings. The summed E-state index contributed by atoms with van der Waals surface area (Å²) in [4.78, 5) is 28.0. The normalized spacial score (nSPS) is 11.3. The third kappa shape index (κ3) is 7.47. The molecular weight excluding hydrogens is 741 g/mol. The van der Waals surface area contributed by atoms with Crippen molar-refractivity contribution in [3.05, 3.63) is 183 Å². The molecule has 0 bridgehead atoms. The van der Waals surface area contributed by atoms with Gasteiger partial charge in [-0.1, -0.05) is 83.9 Å². The zero-order chi connectivity index (χ0) is 38.2. The maximum atomic E-state index is 14.3. The first kappa shape index (κ1) is 35.8. The lowest BCUT2D eigenvalue weighted by atomic mass is 9.98. The molecule has 6 aromatic carbocycles. The first-order chi connectivity index (χ1) is 26.6. The highest BCUT2D eigenvalue weighted by molar-refractivity contribution is 6.31. The molecular formula is C45H30Cl2F2N2O4. The predicted molar refractivity (Wildman–Crippen MR) is 213 cm³/mol. The largest absolute Gasteiger partial charge is 0.461 e. The molecule has 0 saturated heterocycles. The van der Waals surface area contributed by atoms with Gasteiger partial charge in [0.15, 0.2) is 0 Å². The van der Waals surface area contributed by atoms with Gasteiger partial charge in [0, 0.05) is 34.9 Å². The van der Waals surface area contributed by atoms with E-state index in [9.17, 15) is 18.4 Å². The van der Waals surface area contributed by atoms with Crippen LogP contribution in [0.5, 0.6) is 0 Å². The molecule has 8 rings (SSSR count). The maximum Gasteiger partial charge on any atom is 0.258 e. The zero-order valence-corrected chi connectivity index (χ0v) is 30.5. The fourth-order valence-electron chi connectivity index (χ4n) is 6.86. The molecule has 272 valence electrons. The van der Waals surface area contributed by atoms with Gasteiger partial charge in [-0.2, -0.15) is 0 Å². The van der Waals surface area contributed by atoms with Gasteiger partial charge in [0.1, 0.15) is 40.9 Å². The summed E-state index contributed by atoms with van der Waals surface area (Å²) in [5.41, 5.74) is 12.7. The van der Waals surface area contributed by atoms with E-state index in [1.54, 1.807) is 48.5 Å². The molecule has 0 unspecified atom stereocenters. The molecule has 8 aromatic rings. The highest BCUT2D eigenvalue weighted by Crippen LogP contribution is 2.36. The second kappa shape index (κ2) is 14.9. The van der Waals surface area contributed by atoms with E-state index in [4.69, 9.17) is 37.8 Å². The van der Waals surface area contributed by atoms with Gasteiger partial charge in [-0.15, -0.1) is 0 Å². The number of primary amides is 1. The van der Waals surface area contributed by atoms with Crippen LogP contribution in [0.1, 0.15) is 33.0 Å². The van der Waals surface area contributed by atoms with Crippen molar-refractivity contribution in [2.75, 3.05) is 11.4 Å². The van der Waals surface area contributed by atoms with Crippen LogP contribution >= 0.6 is 23.2 Å². The Bertz CT molecular complexity index is 2770. The number of carbonyl (C=O) groups excluding carboxylic acids is 2. The van der Waals surface area contributed by atoms with Gasteiger partial charge < -0.3 is 14.6 Å². The van der Waals surface area contributed by atoms with Gasteiger partial charge in [0.2, 0.25) is 5.91 Å². The number of hydrogen-bond donors (Lipinski definition) is 1. The van der Waals surface area contributed by atoms with E-state index in [0.717, 1.165) is 44.2 Å². The van der Waals surface area contributed by atoms with Crippen molar-refractivity contribution in [2.45, 2.75) is 12.8 Å². The summed E-state index contributed by atoms with van der Waals surface area (Å²) in [7, 11) is 0. The molecule has 55 heavy (non-hydrogen) atoms. The minimum Gasteiger partial charge on any atom is -0.461 e. The van der Waals surface area contributed by atoms with E-state index in [1.165, 1.54) is 17.0 Å². The van der Waals surface area contributed by atoms with Crippen LogP contribution in [0, 0.1) is 11.6 Å². The number of anilines is 1. The quantitative estimate of drug-likeness (QED) is 0.150. The van der Waals surface area contributed by atoms with E-state index >= 15 is 0 Å². The molecule has 0 aliphatic rings. The highest BCUT2D eigenvalue weighted by Gasteiger charge is 2.22. The van der Waals surface area contributed by atoms with Crippen LogP contribution < -0.4 is 10.6 Å². The van der Waals surface area contributed by atoms with E-state index in [1.807, 2.05) is 72.8 Å². The van der Waals surface area contributed by atoms with Crippen molar-refractivity contribution in [1.29, 1.82) is 0 Å². The number of carbonyl (C=O) groups is 2. The summed E-state index contributed by atoms with van der Waals surface area (Å²) in [5, 5.41) is 1.78. The summed E-state index contributed by atoms with van der Waals surface area (Å²) < 4.78 is 39.8. The van der Waals surface area contributed by atoms with Crippen LogP contribution in [0.4, 0.5) is 14.5 Å². The number of halogens is 4. The first-order valence-corrected chi connectivity index (χ1v) is 18.1. The molecule has 0 atom stereocenters. The minimum absolute atomic E-state index is 0.0446. The molecule has 2 amide bonds. The van der Waals surface area contributed by atoms with Gasteiger partial charge in [-0.05, 0) is 106 Å². The summed E-state index contributed by atoms with van der Waals surface area (Å²) in [5.74, 6) is -0.705. The number of benzene rings is 6. The lowest BCUT2D eigenvalue weighted by Crippen LogP contribution is -2.38. The Morgan fingerprint density at radius 1 is 0.600 bits per heavy atom. The minimum atomic E-state index is -0.671. The third-order valence-electron chi connectivity index (χ3n) is 9.40. The molecule has 2 heterocycles. The monoisotopic (exact) mass is 770 g/mol. The number of hydrogen-bond acceptors (Lipinski definition) is 4. The fraction of sp³-hybridized carbons (Fsp3) is 0.0667. The average molecular weight is 772 g/mol. The van der Waals surface area contributed by atoms with Crippen LogP contribution in [0.15, 0.2) is 142 Å². The maximum absolute atomic E-state index is 14.3. The van der Waals surface area contributed by atoms with Gasteiger partial charge in [-0.25, -0.2) is 8.78 Å². The highest BCUT2D eigenvalue weighted by atomic mass is 35.5. The SMILES string of the molecule is NC(=O)CN(C(=O)c1cccc(-c2cccc3oc(Cc4ccc(F)c(Cl)c4)cc23)c1)c1cccc(-c2cccc3oc(Cc4ccc(F)c(Cl)c4)cc23)c1. The van der Waals surface area contributed by atoms with E-state index in [2.05, 4.69) is 0 Å². The standard InChI is InChI=1S/C45H30Cl2F2N2O4/c46-38-19-26(13-15-40(38)48)17-32-23-36-34(9-3-11-42(36)54-32)28-5-1-7-30(21-28)45(53)51(25-44(50)52)31-8-2-6-29(22-31)35-10-4-12-43-37(35)24-33(55-43)18-27-14-16-41(49)39(47)20-27/h1-16,19-24H,17-18,25H2,(H2,50,52). The number of amides is 2. The number of rotatable bonds is 10. The Hall–Kier alpha value is -6.22. The molecule has 10 heteroatoms. The van der Waals surface area contributed by atoms with Crippen LogP contribution in [0.25, 0.3) is 44.2 Å². The molecule has 0 aliphatic carbocycles. The van der Waals surface area contributed by atoms with Crippen molar-refractivity contribution >= 4 is 62.6 Å². The number of fused-ring (bicyclic) bond motifs is 2. The van der Waals surface area contributed by atoms with E-state index < -0.39 is 23.4 Å². The van der Waals surface area contributed by atoms with E-state index in [-0.39, 0.29) is 16.6 Å². The first-order valence-electron chi connectivity index (χ1n) is 17.3. The summed E-state index contributed by atoms with van der Waals surface area (Å²) in [6.07, 6.45) is 0.824. The summed E-state index contributed by atoms with van der Waals surface area (Å²) >= 11 is 12.0. The Kier molecular flexibility index (Phi) is 9.69. The molecule has 0 spiro atoms.